The van der Waals surface area contributed by atoms with Gasteiger partial charge in [0.1, 0.15) is 11.5 Å². The average molecular weight is 411 g/mol. The van der Waals surface area contributed by atoms with Crippen molar-refractivity contribution in [3.63, 3.8) is 0 Å². The van der Waals surface area contributed by atoms with E-state index in [2.05, 4.69) is 25.8 Å². The molecule has 1 aromatic heterocycles. The summed E-state index contributed by atoms with van der Waals surface area (Å²) in [5.41, 5.74) is 1.59. The first-order chi connectivity index (χ1) is 11.6. The molecule has 5 nitrogen and oxygen atoms in total. The Hall–Kier alpha value is -1.37. The van der Waals surface area contributed by atoms with Crippen LogP contribution in [0.2, 0.25) is 5.02 Å². The van der Waals surface area contributed by atoms with Crippen LogP contribution in [0.15, 0.2) is 27.1 Å². The molecule has 3 heterocycles. The fourth-order valence-electron chi connectivity index (χ4n) is 3.23. The smallest absolute Gasteiger partial charge is 0.237 e. The van der Waals surface area contributed by atoms with Crippen LogP contribution in [0.5, 0.6) is 0 Å². The summed E-state index contributed by atoms with van der Waals surface area (Å²) in [5, 5.41) is 0.583. The molecule has 0 saturated carbocycles. The molecule has 0 atom stereocenters. The zero-order valence-electron chi connectivity index (χ0n) is 13.1. The van der Waals surface area contributed by atoms with Crippen molar-refractivity contribution >= 4 is 33.4 Å². The summed E-state index contributed by atoms with van der Waals surface area (Å²) in [5.74, 6) is 1.42. The molecule has 2 aliphatic rings. The van der Waals surface area contributed by atoms with Gasteiger partial charge < -0.3 is 9.32 Å². The largest absolute Gasteiger partial charge is 0.439 e. The summed E-state index contributed by atoms with van der Waals surface area (Å²) >= 11 is 9.72. The molecule has 1 saturated heterocycles. The third-order valence-electron chi connectivity index (χ3n) is 4.55. The lowest BCUT2D eigenvalue weighted by Crippen LogP contribution is -2.36. The van der Waals surface area contributed by atoms with Crippen LogP contribution in [0, 0.1) is 0 Å². The molecule has 1 fully saturated rings. The molecule has 0 N–H and O–H groups in total. The molecule has 1 aromatic carbocycles. The summed E-state index contributed by atoms with van der Waals surface area (Å²) in [7, 11) is 0. The Balaban J connectivity index is 1.48. The first-order valence-electron chi connectivity index (χ1n) is 8.05. The van der Waals surface area contributed by atoms with Gasteiger partial charge in [0.05, 0.1) is 30.2 Å². The molecule has 7 heteroatoms. The van der Waals surface area contributed by atoms with Crippen molar-refractivity contribution in [1.82, 2.24) is 14.8 Å². The number of aromatic nitrogens is 1. The number of fused-ring (bicyclic) bond motifs is 1. The summed E-state index contributed by atoms with van der Waals surface area (Å²) < 4.78 is 6.68. The number of halogens is 2. The Morgan fingerprint density at radius 1 is 1.29 bits per heavy atom. The number of hydrogen-bond acceptors (Lipinski definition) is 4. The summed E-state index contributed by atoms with van der Waals surface area (Å²) in [6.07, 6.45) is 2.37. The number of hydrogen-bond donors (Lipinski definition) is 0. The van der Waals surface area contributed by atoms with Crippen molar-refractivity contribution in [2.75, 3.05) is 19.6 Å². The van der Waals surface area contributed by atoms with Gasteiger partial charge in [0.2, 0.25) is 11.8 Å². The highest BCUT2D eigenvalue weighted by Crippen LogP contribution is 2.35. The molecule has 0 spiro atoms. The maximum atomic E-state index is 12.4. The standard InChI is InChI=1S/C17H17BrClN3O2/c18-12-5-3-4-11(16(12)19)17-20-13-8-22(9-14(13)24-17)15(23)10-21-6-1-2-7-21/h3-5H,1-2,6-10H2. The maximum absolute atomic E-state index is 12.4. The van der Waals surface area contributed by atoms with Crippen LogP contribution in [0.4, 0.5) is 0 Å². The van der Waals surface area contributed by atoms with Gasteiger partial charge in [0.25, 0.3) is 0 Å². The summed E-state index contributed by atoms with van der Waals surface area (Å²) in [6, 6.07) is 5.65. The fraction of sp³-hybridized carbons (Fsp3) is 0.412. The number of amides is 1. The number of rotatable bonds is 3. The van der Waals surface area contributed by atoms with Gasteiger partial charge in [-0.15, -0.1) is 0 Å². The van der Waals surface area contributed by atoms with E-state index in [1.807, 2.05) is 23.1 Å². The zero-order valence-corrected chi connectivity index (χ0v) is 15.4. The van der Waals surface area contributed by atoms with Crippen LogP contribution in [0.3, 0.4) is 0 Å². The van der Waals surface area contributed by atoms with Gasteiger partial charge in [-0.1, -0.05) is 17.7 Å². The van der Waals surface area contributed by atoms with Crippen molar-refractivity contribution in [3.05, 3.63) is 39.1 Å². The Bertz CT molecular complexity index is 763. The second-order valence-electron chi connectivity index (χ2n) is 6.22. The van der Waals surface area contributed by atoms with Crippen LogP contribution < -0.4 is 0 Å². The van der Waals surface area contributed by atoms with E-state index in [-0.39, 0.29) is 5.91 Å². The molecule has 126 valence electrons. The van der Waals surface area contributed by atoms with E-state index in [4.69, 9.17) is 16.0 Å². The minimum Gasteiger partial charge on any atom is -0.439 e. The lowest BCUT2D eigenvalue weighted by atomic mass is 10.2. The number of nitrogens with zero attached hydrogens (tertiary/aromatic N) is 3. The van der Waals surface area contributed by atoms with Gasteiger partial charge in [0, 0.05) is 4.47 Å². The van der Waals surface area contributed by atoms with Crippen molar-refractivity contribution in [2.45, 2.75) is 25.9 Å². The van der Waals surface area contributed by atoms with Crippen molar-refractivity contribution in [2.24, 2.45) is 0 Å². The third kappa shape index (κ3) is 2.98. The molecule has 0 aliphatic carbocycles. The highest BCUT2D eigenvalue weighted by atomic mass is 79.9. The lowest BCUT2D eigenvalue weighted by molar-refractivity contribution is -0.133. The molecule has 0 unspecified atom stereocenters. The number of benzene rings is 1. The normalized spacial score (nSPS) is 17.5. The van der Waals surface area contributed by atoms with Crippen molar-refractivity contribution < 1.29 is 9.21 Å². The van der Waals surface area contributed by atoms with Gasteiger partial charge in [-0.3, -0.25) is 9.69 Å². The van der Waals surface area contributed by atoms with E-state index in [0.717, 1.165) is 34.6 Å². The maximum Gasteiger partial charge on any atom is 0.237 e. The van der Waals surface area contributed by atoms with E-state index in [1.54, 1.807) is 0 Å². The summed E-state index contributed by atoms with van der Waals surface area (Å²) in [4.78, 5) is 21.0. The topological polar surface area (TPSA) is 49.6 Å². The Morgan fingerprint density at radius 2 is 2.08 bits per heavy atom. The van der Waals surface area contributed by atoms with Gasteiger partial charge in [-0.2, -0.15) is 0 Å². The molecule has 0 bridgehead atoms. The molecule has 1 amide bonds. The number of likely N-dealkylation sites (tertiary alicyclic amines) is 1. The van der Waals surface area contributed by atoms with Crippen LogP contribution in [0.1, 0.15) is 24.3 Å². The molecule has 2 aromatic rings. The number of carbonyl (C=O) groups excluding carboxylic acids is 1. The number of oxazole rings is 1. The fourth-order valence-corrected chi connectivity index (χ4v) is 3.81. The second kappa shape index (κ2) is 6.50. The van der Waals surface area contributed by atoms with Crippen molar-refractivity contribution in [3.8, 4) is 11.5 Å². The van der Waals surface area contributed by atoms with Gasteiger partial charge in [-0.05, 0) is 54.0 Å². The average Bonchev–Trinajstić information content (AvgIpc) is 3.25. The lowest BCUT2D eigenvalue weighted by Gasteiger charge is -2.20. The van der Waals surface area contributed by atoms with Crippen LogP contribution in [-0.2, 0) is 17.9 Å². The molecule has 24 heavy (non-hydrogen) atoms. The second-order valence-corrected chi connectivity index (χ2v) is 7.46. The highest BCUT2D eigenvalue weighted by Gasteiger charge is 2.30. The van der Waals surface area contributed by atoms with E-state index in [0.29, 0.717) is 30.5 Å². The quantitative estimate of drug-likeness (QED) is 0.774. The molecule has 2 aliphatic heterocycles. The molecular weight excluding hydrogens is 394 g/mol. The Labute approximate surface area is 153 Å². The Morgan fingerprint density at radius 3 is 2.83 bits per heavy atom. The highest BCUT2D eigenvalue weighted by molar-refractivity contribution is 9.10. The van der Waals surface area contributed by atoms with Crippen molar-refractivity contribution in [1.29, 1.82) is 0 Å². The third-order valence-corrected chi connectivity index (χ3v) is 5.84. The minimum absolute atomic E-state index is 0.145. The minimum atomic E-state index is 0.145. The molecule has 0 radical (unpaired) electrons. The van der Waals surface area contributed by atoms with E-state index in [1.165, 1.54) is 12.8 Å². The van der Waals surface area contributed by atoms with Gasteiger partial charge in [0.15, 0.2) is 0 Å². The molecular formula is C17H17BrClN3O2. The van der Waals surface area contributed by atoms with Crippen LogP contribution in [0.25, 0.3) is 11.5 Å². The van der Waals surface area contributed by atoms with Crippen LogP contribution in [-0.4, -0.2) is 40.3 Å². The predicted octanol–water partition coefficient (Wildman–Crippen LogP) is 3.70. The summed E-state index contributed by atoms with van der Waals surface area (Å²) in [6.45, 7) is 3.53. The predicted molar refractivity (Wildman–Crippen MR) is 94.6 cm³/mol. The van der Waals surface area contributed by atoms with Crippen LogP contribution >= 0.6 is 27.5 Å². The van der Waals surface area contributed by atoms with Gasteiger partial charge >= 0.3 is 0 Å². The van der Waals surface area contributed by atoms with E-state index < -0.39 is 0 Å². The van der Waals surface area contributed by atoms with Gasteiger partial charge in [-0.25, -0.2) is 4.98 Å². The number of carbonyl (C=O) groups is 1. The Kier molecular flexibility index (Phi) is 4.37. The first kappa shape index (κ1) is 16.1. The SMILES string of the molecule is O=C(CN1CCCC1)N1Cc2nc(-c3cccc(Br)c3Cl)oc2C1. The van der Waals surface area contributed by atoms with E-state index in [9.17, 15) is 4.79 Å². The van der Waals surface area contributed by atoms with E-state index >= 15 is 0 Å². The first-order valence-corrected chi connectivity index (χ1v) is 9.22. The molecule has 4 rings (SSSR count). The zero-order chi connectivity index (χ0) is 16.7. The monoisotopic (exact) mass is 409 g/mol.